The second kappa shape index (κ2) is 8.36. The van der Waals surface area contributed by atoms with Crippen LogP contribution in [0.15, 0.2) is 42.5 Å². The number of halogens is 1. The van der Waals surface area contributed by atoms with Gasteiger partial charge >= 0.3 is 0 Å². The molecule has 7 nitrogen and oxygen atoms in total. The Hall–Kier alpha value is -2.65. The molecule has 0 unspecified atom stereocenters. The van der Waals surface area contributed by atoms with Gasteiger partial charge in [-0.2, -0.15) is 0 Å². The molecule has 0 spiro atoms. The van der Waals surface area contributed by atoms with Crippen LogP contribution in [0.2, 0.25) is 0 Å². The van der Waals surface area contributed by atoms with Crippen molar-refractivity contribution in [1.29, 1.82) is 0 Å². The Morgan fingerprint density at radius 2 is 1.74 bits per heavy atom. The normalized spacial score (nSPS) is 13.2. The smallest absolute Gasteiger partial charge is 0.225 e. The number of carbonyl (C=O) groups excluding carboxylic acids is 1. The van der Waals surface area contributed by atoms with Crippen LogP contribution < -0.4 is 19.5 Å². The largest absolute Gasteiger partial charge is 0.486 e. The van der Waals surface area contributed by atoms with Crippen molar-refractivity contribution in [2.75, 3.05) is 25.1 Å². The minimum absolute atomic E-state index is 0.0307. The van der Waals surface area contributed by atoms with Crippen LogP contribution in [-0.4, -0.2) is 34.1 Å². The summed E-state index contributed by atoms with van der Waals surface area (Å²) in [6.45, 7) is 0.886. The van der Waals surface area contributed by atoms with E-state index < -0.39 is 15.8 Å². The molecule has 1 aliphatic heterocycles. The highest BCUT2D eigenvalue weighted by molar-refractivity contribution is 7.88. The highest BCUT2D eigenvalue weighted by atomic mass is 32.2. The minimum Gasteiger partial charge on any atom is -0.486 e. The number of nitrogens with one attached hydrogen (secondary N) is 2. The fraction of sp³-hybridized carbons (Fsp3) is 0.278. The van der Waals surface area contributed by atoms with Gasteiger partial charge in [0.05, 0.1) is 5.75 Å². The summed E-state index contributed by atoms with van der Waals surface area (Å²) < 4.78 is 50.1. The molecule has 3 rings (SSSR count). The first-order valence-electron chi connectivity index (χ1n) is 8.32. The lowest BCUT2D eigenvalue weighted by atomic mass is 10.2. The number of amides is 1. The third kappa shape index (κ3) is 5.66. The number of sulfonamides is 1. The van der Waals surface area contributed by atoms with Crippen LogP contribution in [0.4, 0.5) is 10.1 Å². The highest BCUT2D eigenvalue weighted by Gasteiger charge is 2.14. The zero-order chi connectivity index (χ0) is 19.3. The summed E-state index contributed by atoms with van der Waals surface area (Å²) in [4.78, 5) is 12.0. The Labute approximate surface area is 156 Å². The summed E-state index contributed by atoms with van der Waals surface area (Å²) in [6.07, 6.45) is -0.0307. The molecule has 0 fully saturated rings. The van der Waals surface area contributed by atoms with Crippen molar-refractivity contribution in [1.82, 2.24) is 4.72 Å². The summed E-state index contributed by atoms with van der Waals surface area (Å²) in [5.74, 6) is 0.125. The number of benzene rings is 2. The van der Waals surface area contributed by atoms with Gasteiger partial charge in [0.15, 0.2) is 11.5 Å². The molecule has 0 saturated carbocycles. The molecule has 1 heterocycles. The molecule has 0 aromatic heterocycles. The van der Waals surface area contributed by atoms with Gasteiger partial charge in [-0.3, -0.25) is 4.79 Å². The van der Waals surface area contributed by atoms with E-state index in [1.807, 2.05) is 0 Å². The molecule has 0 bridgehead atoms. The highest BCUT2D eigenvalue weighted by Crippen LogP contribution is 2.32. The average Bonchev–Trinajstić information content (AvgIpc) is 2.63. The number of carbonyl (C=O) groups is 1. The van der Waals surface area contributed by atoms with Crippen LogP contribution in [0.3, 0.4) is 0 Å². The first kappa shape index (κ1) is 19.1. The van der Waals surface area contributed by atoms with Crippen LogP contribution in [0.25, 0.3) is 0 Å². The number of hydrogen-bond acceptors (Lipinski definition) is 5. The SMILES string of the molecule is O=C(CCNS(=O)(=O)Cc1ccc(F)cc1)Nc1ccc2c(c1)OCCO2. The van der Waals surface area contributed by atoms with Gasteiger partial charge in [0.1, 0.15) is 19.0 Å². The van der Waals surface area contributed by atoms with Crippen molar-refractivity contribution in [2.24, 2.45) is 0 Å². The average molecular weight is 394 g/mol. The molecule has 2 aromatic carbocycles. The van der Waals surface area contributed by atoms with Gasteiger partial charge < -0.3 is 14.8 Å². The van der Waals surface area contributed by atoms with Crippen molar-refractivity contribution >= 4 is 21.6 Å². The number of fused-ring (bicyclic) bond motifs is 1. The van der Waals surface area contributed by atoms with Gasteiger partial charge in [-0.1, -0.05) is 12.1 Å². The topological polar surface area (TPSA) is 93.7 Å². The number of rotatable bonds is 7. The molecule has 144 valence electrons. The van der Waals surface area contributed by atoms with E-state index in [9.17, 15) is 17.6 Å². The quantitative estimate of drug-likeness (QED) is 0.750. The molecule has 1 aliphatic rings. The molecule has 0 atom stereocenters. The first-order valence-corrected chi connectivity index (χ1v) is 9.98. The van der Waals surface area contributed by atoms with Crippen molar-refractivity contribution in [2.45, 2.75) is 12.2 Å². The van der Waals surface area contributed by atoms with E-state index in [-0.39, 0.29) is 24.6 Å². The number of anilines is 1. The molecule has 1 amide bonds. The van der Waals surface area contributed by atoms with E-state index in [4.69, 9.17) is 9.47 Å². The van der Waals surface area contributed by atoms with Gasteiger partial charge in [0.25, 0.3) is 0 Å². The molecule has 9 heteroatoms. The van der Waals surface area contributed by atoms with Crippen molar-refractivity contribution < 1.29 is 27.1 Å². The fourth-order valence-corrected chi connectivity index (χ4v) is 3.66. The summed E-state index contributed by atoms with van der Waals surface area (Å²) in [6, 6.07) is 10.3. The van der Waals surface area contributed by atoms with Crippen LogP contribution in [0, 0.1) is 5.82 Å². The third-order valence-corrected chi connectivity index (χ3v) is 5.13. The van der Waals surface area contributed by atoms with Crippen LogP contribution in [0.5, 0.6) is 11.5 Å². The Balaban J connectivity index is 1.47. The zero-order valence-electron chi connectivity index (χ0n) is 14.4. The molecule has 2 N–H and O–H groups in total. The maximum atomic E-state index is 12.9. The lowest BCUT2D eigenvalue weighted by molar-refractivity contribution is -0.116. The molecular weight excluding hydrogens is 375 g/mol. The van der Waals surface area contributed by atoms with Crippen LogP contribution in [-0.2, 0) is 20.6 Å². The summed E-state index contributed by atoms with van der Waals surface area (Å²) in [7, 11) is -3.62. The van der Waals surface area contributed by atoms with E-state index in [0.717, 1.165) is 0 Å². The minimum atomic E-state index is -3.62. The zero-order valence-corrected chi connectivity index (χ0v) is 15.2. The maximum absolute atomic E-state index is 12.9. The number of hydrogen-bond donors (Lipinski definition) is 2. The molecule has 27 heavy (non-hydrogen) atoms. The second-order valence-electron chi connectivity index (χ2n) is 5.94. The Kier molecular flexibility index (Phi) is 5.92. The van der Waals surface area contributed by atoms with Gasteiger partial charge in [-0.15, -0.1) is 0 Å². The van der Waals surface area contributed by atoms with Gasteiger partial charge in [0, 0.05) is 24.7 Å². The molecule has 2 aromatic rings. The van der Waals surface area contributed by atoms with E-state index in [2.05, 4.69) is 10.0 Å². The lowest BCUT2D eigenvalue weighted by Gasteiger charge is -2.19. The standard InChI is InChI=1S/C18H19FN2O5S/c19-14-3-1-13(2-4-14)12-27(23,24)20-8-7-18(22)21-15-5-6-16-17(11-15)26-10-9-25-16/h1-6,11,20H,7-10,12H2,(H,21,22). The van der Waals surface area contributed by atoms with Gasteiger partial charge in [-0.05, 0) is 29.8 Å². The summed E-state index contributed by atoms with van der Waals surface area (Å²) >= 11 is 0. The molecule has 0 saturated heterocycles. The van der Waals surface area contributed by atoms with E-state index >= 15 is 0 Å². The van der Waals surface area contributed by atoms with E-state index in [0.29, 0.717) is 36.0 Å². The summed E-state index contributed by atoms with van der Waals surface area (Å²) in [5, 5.41) is 2.68. The fourth-order valence-electron chi connectivity index (χ4n) is 2.52. The number of ether oxygens (including phenoxy) is 2. The first-order chi connectivity index (χ1) is 12.9. The predicted molar refractivity (Wildman–Crippen MR) is 97.7 cm³/mol. The van der Waals surface area contributed by atoms with Crippen molar-refractivity contribution in [3.05, 3.63) is 53.8 Å². The van der Waals surface area contributed by atoms with Gasteiger partial charge in [0.2, 0.25) is 15.9 Å². The van der Waals surface area contributed by atoms with Crippen LogP contribution in [0.1, 0.15) is 12.0 Å². The Morgan fingerprint density at radius 1 is 1.04 bits per heavy atom. The van der Waals surface area contributed by atoms with E-state index in [1.54, 1.807) is 18.2 Å². The van der Waals surface area contributed by atoms with Crippen molar-refractivity contribution in [3.8, 4) is 11.5 Å². The molecule has 0 aliphatic carbocycles. The predicted octanol–water partition coefficient (Wildman–Crippen LogP) is 2.05. The monoisotopic (exact) mass is 394 g/mol. The van der Waals surface area contributed by atoms with Crippen molar-refractivity contribution in [3.63, 3.8) is 0 Å². The Bertz CT molecular complexity index is 916. The van der Waals surface area contributed by atoms with E-state index in [1.165, 1.54) is 24.3 Å². The van der Waals surface area contributed by atoms with Crippen LogP contribution >= 0.6 is 0 Å². The molecule has 0 radical (unpaired) electrons. The molecular formula is C18H19FN2O5S. The third-order valence-electron chi connectivity index (χ3n) is 3.77. The second-order valence-corrected chi connectivity index (χ2v) is 7.74. The maximum Gasteiger partial charge on any atom is 0.225 e. The summed E-state index contributed by atoms with van der Waals surface area (Å²) in [5.41, 5.74) is 1.00. The lowest BCUT2D eigenvalue weighted by Crippen LogP contribution is -2.28. The Morgan fingerprint density at radius 3 is 2.48 bits per heavy atom. The van der Waals surface area contributed by atoms with Gasteiger partial charge in [-0.25, -0.2) is 17.5 Å².